The summed E-state index contributed by atoms with van der Waals surface area (Å²) in [6, 6.07) is 12.1. The van der Waals surface area contributed by atoms with Crippen LogP contribution in [0.2, 0.25) is 0 Å². The molecular formula is C19H15NO6. The highest BCUT2D eigenvalue weighted by Crippen LogP contribution is 2.30. The highest BCUT2D eigenvalue weighted by molar-refractivity contribution is 5.98. The number of Topliss-reactive ketones (excluding diaryl/α,β-unsaturated/α-hetero) is 1. The van der Waals surface area contributed by atoms with E-state index in [0.29, 0.717) is 41.6 Å². The number of carbonyl (C=O) groups excluding carboxylic acids is 2. The van der Waals surface area contributed by atoms with Crippen LogP contribution in [0.1, 0.15) is 16.1 Å². The molecule has 1 aliphatic heterocycles. The Morgan fingerprint density at radius 3 is 2.73 bits per heavy atom. The summed E-state index contributed by atoms with van der Waals surface area (Å²) in [5.74, 6) is 0.250. The minimum atomic E-state index is -0.546. The highest BCUT2D eigenvalue weighted by atomic mass is 16.6. The maximum atomic E-state index is 12.2. The van der Waals surface area contributed by atoms with E-state index in [-0.39, 0.29) is 18.8 Å². The van der Waals surface area contributed by atoms with Crippen LogP contribution in [0.5, 0.6) is 11.5 Å². The van der Waals surface area contributed by atoms with E-state index in [1.807, 2.05) is 18.2 Å². The lowest BCUT2D eigenvalue weighted by atomic mass is 10.1. The number of carbonyl (C=O) groups is 2. The molecule has 0 unspecified atom stereocenters. The molecule has 0 amide bonds. The number of fused-ring (bicyclic) bond motifs is 2. The molecule has 0 spiro atoms. The zero-order chi connectivity index (χ0) is 17.9. The summed E-state index contributed by atoms with van der Waals surface area (Å²) < 4.78 is 21.1. The first-order valence-corrected chi connectivity index (χ1v) is 8.12. The maximum absolute atomic E-state index is 12.2. The lowest BCUT2D eigenvalue weighted by Gasteiger charge is -2.18. The molecule has 0 bridgehead atoms. The predicted molar refractivity (Wildman–Crippen MR) is 90.4 cm³/mol. The Kier molecular flexibility index (Phi) is 4.27. The van der Waals surface area contributed by atoms with E-state index >= 15 is 0 Å². The molecule has 2 aromatic carbocycles. The minimum absolute atomic E-state index is 0.0641. The van der Waals surface area contributed by atoms with E-state index in [1.165, 1.54) is 0 Å². The van der Waals surface area contributed by atoms with Crippen molar-refractivity contribution in [3.8, 4) is 11.5 Å². The molecule has 132 valence electrons. The number of esters is 1. The van der Waals surface area contributed by atoms with Crippen LogP contribution in [0, 0.1) is 0 Å². The van der Waals surface area contributed by atoms with Crippen molar-refractivity contribution >= 4 is 22.7 Å². The van der Waals surface area contributed by atoms with Gasteiger partial charge in [-0.05, 0) is 30.3 Å². The molecule has 0 saturated heterocycles. The second kappa shape index (κ2) is 6.87. The lowest BCUT2D eigenvalue weighted by Crippen LogP contribution is -2.18. The molecule has 1 aromatic heterocycles. The second-order valence-electron chi connectivity index (χ2n) is 5.74. The molecule has 0 fully saturated rings. The molecule has 3 aromatic rings. The Labute approximate surface area is 148 Å². The fourth-order valence-electron chi connectivity index (χ4n) is 2.70. The second-order valence-corrected chi connectivity index (χ2v) is 5.74. The van der Waals surface area contributed by atoms with Crippen LogP contribution in [0.15, 0.2) is 47.0 Å². The zero-order valence-corrected chi connectivity index (χ0v) is 13.8. The van der Waals surface area contributed by atoms with Gasteiger partial charge in [0.2, 0.25) is 0 Å². The van der Waals surface area contributed by atoms with Gasteiger partial charge in [-0.15, -0.1) is 0 Å². The summed E-state index contributed by atoms with van der Waals surface area (Å²) in [7, 11) is 0. The van der Waals surface area contributed by atoms with Gasteiger partial charge in [-0.3, -0.25) is 9.59 Å². The van der Waals surface area contributed by atoms with Crippen molar-refractivity contribution in [3.63, 3.8) is 0 Å². The average molecular weight is 353 g/mol. The summed E-state index contributed by atoms with van der Waals surface area (Å²) in [5, 5.41) is 4.63. The Morgan fingerprint density at radius 2 is 1.85 bits per heavy atom. The van der Waals surface area contributed by atoms with E-state index in [2.05, 4.69) is 5.16 Å². The highest BCUT2D eigenvalue weighted by Gasteiger charge is 2.17. The molecule has 7 heteroatoms. The Bertz CT molecular complexity index is 977. The molecule has 0 radical (unpaired) electrons. The van der Waals surface area contributed by atoms with Gasteiger partial charge in [0.05, 0.1) is 6.42 Å². The maximum Gasteiger partial charge on any atom is 0.312 e. The minimum Gasteiger partial charge on any atom is -0.486 e. The zero-order valence-electron chi connectivity index (χ0n) is 13.8. The fourth-order valence-corrected chi connectivity index (χ4v) is 2.70. The molecular weight excluding hydrogens is 338 g/mol. The normalized spacial score (nSPS) is 12.8. The van der Waals surface area contributed by atoms with E-state index in [4.69, 9.17) is 18.7 Å². The van der Waals surface area contributed by atoms with Crippen LogP contribution >= 0.6 is 0 Å². The number of hydrogen-bond acceptors (Lipinski definition) is 7. The first-order valence-electron chi connectivity index (χ1n) is 8.12. The number of benzene rings is 2. The summed E-state index contributed by atoms with van der Waals surface area (Å²) >= 11 is 0. The number of ketones is 1. The van der Waals surface area contributed by atoms with Crippen LogP contribution in [0.25, 0.3) is 11.0 Å². The van der Waals surface area contributed by atoms with Gasteiger partial charge >= 0.3 is 5.97 Å². The topological polar surface area (TPSA) is 87.9 Å². The van der Waals surface area contributed by atoms with Gasteiger partial charge in [0.25, 0.3) is 0 Å². The van der Waals surface area contributed by atoms with Gasteiger partial charge in [-0.2, -0.15) is 0 Å². The standard InChI is InChI=1S/C19H15NO6/c21-15(12-5-6-17-18(9-12)24-8-7-23-17)11-25-19(22)10-14-13-3-1-2-4-16(13)26-20-14/h1-6,9H,7-8,10-11H2. The van der Waals surface area contributed by atoms with Crippen LogP contribution < -0.4 is 9.47 Å². The molecule has 0 saturated carbocycles. The van der Waals surface area contributed by atoms with Gasteiger partial charge in [0.1, 0.15) is 18.9 Å². The largest absolute Gasteiger partial charge is 0.486 e. The summed E-state index contributed by atoms with van der Waals surface area (Å²) in [5.41, 5.74) is 1.48. The average Bonchev–Trinajstić information content (AvgIpc) is 3.08. The smallest absolute Gasteiger partial charge is 0.312 e. The van der Waals surface area contributed by atoms with Crippen LogP contribution in [-0.2, 0) is 16.0 Å². The van der Waals surface area contributed by atoms with Crippen LogP contribution in [-0.4, -0.2) is 36.7 Å². The number of hydrogen-bond donors (Lipinski definition) is 0. The Morgan fingerprint density at radius 1 is 1.04 bits per heavy atom. The number of aromatic nitrogens is 1. The third kappa shape index (κ3) is 3.23. The number of nitrogens with zero attached hydrogens (tertiary/aromatic N) is 1. The molecule has 0 N–H and O–H groups in total. The Balaban J connectivity index is 1.37. The van der Waals surface area contributed by atoms with Gasteiger partial charge in [0.15, 0.2) is 29.5 Å². The monoisotopic (exact) mass is 353 g/mol. The first kappa shape index (κ1) is 16.1. The molecule has 0 atom stereocenters. The summed E-state index contributed by atoms with van der Waals surface area (Å²) in [6.07, 6.45) is -0.0641. The summed E-state index contributed by atoms with van der Waals surface area (Å²) in [6.45, 7) is 0.564. The van der Waals surface area contributed by atoms with Crippen molar-refractivity contribution < 1.29 is 28.3 Å². The van der Waals surface area contributed by atoms with Crippen molar-refractivity contribution in [1.29, 1.82) is 0 Å². The van der Waals surface area contributed by atoms with Gasteiger partial charge in [-0.25, -0.2) is 0 Å². The van der Waals surface area contributed by atoms with Gasteiger partial charge < -0.3 is 18.7 Å². The molecule has 4 rings (SSSR count). The van der Waals surface area contributed by atoms with Crippen LogP contribution in [0.3, 0.4) is 0 Å². The van der Waals surface area contributed by atoms with E-state index in [0.717, 1.165) is 5.39 Å². The SMILES string of the molecule is O=C(Cc1noc2ccccc12)OCC(=O)c1ccc2c(c1)OCCO2. The number of para-hydroxylation sites is 1. The van der Waals surface area contributed by atoms with Gasteiger partial charge in [-0.1, -0.05) is 17.3 Å². The quantitative estimate of drug-likeness (QED) is 0.514. The van der Waals surface area contributed by atoms with E-state index in [1.54, 1.807) is 24.3 Å². The third-order valence-corrected chi connectivity index (χ3v) is 3.99. The lowest BCUT2D eigenvalue weighted by molar-refractivity contribution is -0.141. The van der Waals surface area contributed by atoms with Crippen molar-refractivity contribution in [1.82, 2.24) is 5.16 Å². The molecule has 2 heterocycles. The number of ether oxygens (including phenoxy) is 3. The van der Waals surface area contributed by atoms with Crippen molar-refractivity contribution in [2.75, 3.05) is 19.8 Å². The van der Waals surface area contributed by atoms with Crippen molar-refractivity contribution in [2.45, 2.75) is 6.42 Å². The first-order chi connectivity index (χ1) is 12.7. The molecule has 7 nitrogen and oxygen atoms in total. The fraction of sp³-hybridized carbons (Fsp3) is 0.211. The summed E-state index contributed by atoms with van der Waals surface area (Å²) in [4.78, 5) is 24.3. The van der Waals surface area contributed by atoms with Gasteiger partial charge in [0, 0.05) is 10.9 Å². The predicted octanol–water partition coefficient (Wildman–Crippen LogP) is 2.57. The molecule has 26 heavy (non-hydrogen) atoms. The Hall–Kier alpha value is -3.35. The third-order valence-electron chi connectivity index (χ3n) is 3.99. The molecule has 0 aliphatic carbocycles. The van der Waals surface area contributed by atoms with E-state index in [9.17, 15) is 9.59 Å². The van der Waals surface area contributed by atoms with Crippen molar-refractivity contribution in [2.24, 2.45) is 0 Å². The van der Waals surface area contributed by atoms with Crippen molar-refractivity contribution in [3.05, 3.63) is 53.7 Å². The number of rotatable bonds is 5. The van der Waals surface area contributed by atoms with E-state index < -0.39 is 5.97 Å². The molecule has 1 aliphatic rings. The van der Waals surface area contributed by atoms with Crippen LogP contribution in [0.4, 0.5) is 0 Å².